The number of carboxylic acid groups (broad SMARTS) is 1. The van der Waals surface area contributed by atoms with Gasteiger partial charge in [0.05, 0.1) is 17.5 Å². The van der Waals surface area contributed by atoms with Crippen molar-refractivity contribution >= 4 is 21.9 Å². The largest absolute Gasteiger partial charge is 0.495 e. The molecule has 0 aliphatic carbocycles. The van der Waals surface area contributed by atoms with Crippen LogP contribution in [0.4, 0.5) is 0 Å². The fourth-order valence-corrected chi connectivity index (χ4v) is 3.14. The lowest BCUT2D eigenvalue weighted by Gasteiger charge is -2.17. The summed E-state index contributed by atoms with van der Waals surface area (Å²) in [7, 11) is 1.63. The third kappa shape index (κ3) is 2.52. The highest BCUT2D eigenvalue weighted by molar-refractivity contribution is 9.10. The van der Waals surface area contributed by atoms with Gasteiger partial charge in [-0.1, -0.05) is 6.07 Å². The highest BCUT2D eigenvalue weighted by Crippen LogP contribution is 2.38. The zero-order valence-electron chi connectivity index (χ0n) is 10.4. The fraction of sp³-hybridized carbons (Fsp3) is 0.462. The summed E-state index contributed by atoms with van der Waals surface area (Å²) in [5.74, 6) is -0.279. The van der Waals surface area contributed by atoms with Crippen LogP contribution < -0.4 is 10.1 Å². The molecule has 0 amide bonds. The second-order valence-electron chi connectivity index (χ2n) is 4.60. The molecule has 1 aromatic rings. The van der Waals surface area contributed by atoms with E-state index in [1.54, 1.807) is 7.11 Å². The lowest BCUT2D eigenvalue weighted by atomic mass is 9.98. The number of carboxylic acids is 1. The SMILES string of the molecule is COc1c(Br)cc(C)cc1C1CC(C(=O)O)CN1. The van der Waals surface area contributed by atoms with Gasteiger partial charge in [0, 0.05) is 18.2 Å². The predicted octanol–water partition coefficient (Wildman–Crippen LogP) is 2.50. The Balaban J connectivity index is 2.31. The highest BCUT2D eigenvalue weighted by Gasteiger charge is 2.32. The number of hydrogen-bond donors (Lipinski definition) is 2. The normalized spacial score (nSPS) is 23.1. The number of nitrogens with one attached hydrogen (secondary N) is 1. The second kappa shape index (κ2) is 5.28. The third-order valence-corrected chi connectivity index (χ3v) is 3.87. The van der Waals surface area contributed by atoms with Gasteiger partial charge in [0.15, 0.2) is 0 Å². The summed E-state index contributed by atoms with van der Waals surface area (Å²) in [5, 5.41) is 12.3. The van der Waals surface area contributed by atoms with E-state index in [4.69, 9.17) is 9.84 Å². The molecule has 0 saturated carbocycles. The summed E-state index contributed by atoms with van der Waals surface area (Å²) in [6.07, 6.45) is 0.599. The molecule has 98 valence electrons. The molecule has 0 radical (unpaired) electrons. The number of carbonyl (C=O) groups is 1. The lowest BCUT2D eigenvalue weighted by Crippen LogP contribution is -2.17. The van der Waals surface area contributed by atoms with Gasteiger partial charge in [-0.15, -0.1) is 0 Å². The van der Waals surface area contributed by atoms with Crippen LogP contribution in [0.3, 0.4) is 0 Å². The Bertz CT molecular complexity index is 476. The number of ether oxygens (including phenoxy) is 1. The summed E-state index contributed by atoms with van der Waals surface area (Å²) < 4.78 is 6.31. The first kappa shape index (κ1) is 13.4. The molecule has 0 spiro atoms. The molecule has 1 aliphatic rings. The average molecular weight is 314 g/mol. The summed E-state index contributed by atoms with van der Waals surface area (Å²) in [4.78, 5) is 11.0. The monoisotopic (exact) mass is 313 g/mol. The minimum atomic E-state index is -0.740. The zero-order valence-corrected chi connectivity index (χ0v) is 12.0. The van der Waals surface area contributed by atoms with Crippen molar-refractivity contribution in [3.8, 4) is 5.75 Å². The molecule has 1 fully saturated rings. The van der Waals surface area contributed by atoms with Crippen LogP contribution in [0, 0.1) is 12.8 Å². The molecule has 0 bridgehead atoms. The Hall–Kier alpha value is -1.07. The quantitative estimate of drug-likeness (QED) is 0.900. The van der Waals surface area contributed by atoms with Crippen LogP contribution in [0.25, 0.3) is 0 Å². The van der Waals surface area contributed by atoms with E-state index >= 15 is 0 Å². The van der Waals surface area contributed by atoms with Gasteiger partial charge in [-0.3, -0.25) is 4.79 Å². The fourth-order valence-electron chi connectivity index (χ4n) is 2.39. The molecule has 2 unspecified atom stereocenters. The van der Waals surface area contributed by atoms with Crippen LogP contribution in [0.5, 0.6) is 5.75 Å². The molecule has 18 heavy (non-hydrogen) atoms. The minimum absolute atomic E-state index is 0.0391. The van der Waals surface area contributed by atoms with Gasteiger partial charge < -0.3 is 15.2 Å². The maximum Gasteiger partial charge on any atom is 0.307 e. The van der Waals surface area contributed by atoms with Crippen LogP contribution in [-0.4, -0.2) is 24.7 Å². The predicted molar refractivity (Wildman–Crippen MR) is 71.9 cm³/mol. The molecule has 1 heterocycles. The van der Waals surface area contributed by atoms with Crippen molar-refractivity contribution in [1.29, 1.82) is 0 Å². The van der Waals surface area contributed by atoms with Crippen molar-refractivity contribution in [3.63, 3.8) is 0 Å². The molecular formula is C13H16BrNO3. The van der Waals surface area contributed by atoms with E-state index < -0.39 is 5.97 Å². The van der Waals surface area contributed by atoms with Gasteiger partial charge in [-0.05, 0) is 40.9 Å². The number of benzene rings is 1. The van der Waals surface area contributed by atoms with Gasteiger partial charge >= 0.3 is 5.97 Å². The van der Waals surface area contributed by atoms with Gasteiger partial charge in [0.1, 0.15) is 5.75 Å². The first-order chi connectivity index (χ1) is 8.52. The Morgan fingerprint density at radius 3 is 2.83 bits per heavy atom. The Morgan fingerprint density at radius 2 is 2.28 bits per heavy atom. The van der Waals surface area contributed by atoms with Crippen LogP contribution in [-0.2, 0) is 4.79 Å². The maximum absolute atomic E-state index is 11.0. The molecule has 2 rings (SSSR count). The summed E-state index contributed by atoms with van der Waals surface area (Å²) in [6, 6.07) is 4.08. The number of hydrogen-bond acceptors (Lipinski definition) is 3. The number of aliphatic carboxylic acids is 1. The van der Waals surface area contributed by atoms with Crippen LogP contribution in [0.15, 0.2) is 16.6 Å². The van der Waals surface area contributed by atoms with E-state index in [9.17, 15) is 4.79 Å². The molecule has 2 N–H and O–H groups in total. The van der Waals surface area contributed by atoms with Crippen LogP contribution in [0.1, 0.15) is 23.6 Å². The summed E-state index contributed by atoms with van der Waals surface area (Å²) in [6.45, 7) is 2.52. The van der Waals surface area contributed by atoms with E-state index in [1.807, 2.05) is 19.1 Å². The highest BCUT2D eigenvalue weighted by atomic mass is 79.9. The van der Waals surface area contributed by atoms with Crippen molar-refractivity contribution < 1.29 is 14.6 Å². The lowest BCUT2D eigenvalue weighted by molar-refractivity contribution is -0.141. The maximum atomic E-state index is 11.0. The first-order valence-corrected chi connectivity index (χ1v) is 6.62. The van der Waals surface area contributed by atoms with E-state index in [-0.39, 0.29) is 12.0 Å². The molecule has 1 aromatic carbocycles. The molecule has 1 aliphatic heterocycles. The Labute approximate surface area is 114 Å². The van der Waals surface area contributed by atoms with Crippen molar-refractivity contribution in [2.45, 2.75) is 19.4 Å². The van der Waals surface area contributed by atoms with Gasteiger partial charge in [-0.2, -0.15) is 0 Å². The smallest absolute Gasteiger partial charge is 0.307 e. The Morgan fingerprint density at radius 1 is 1.56 bits per heavy atom. The summed E-state index contributed by atoms with van der Waals surface area (Å²) >= 11 is 3.48. The minimum Gasteiger partial charge on any atom is -0.495 e. The number of halogens is 1. The average Bonchev–Trinajstić information content (AvgIpc) is 2.77. The molecule has 2 atom stereocenters. The van der Waals surface area contributed by atoms with Crippen LogP contribution in [0.2, 0.25) is 0 Å². The number of methoxy groups -OCH3 is 1. The second-order valence-corrected chi connectivity index (χ2v) is 5.46. The topological polar surface area (TPSA) is 58.6 Å². The molecule has 4 nitrogen and oxygen atoms in total. The Kier molecular flexibility index (Phi) is 3.92. The number of aryl methyl sites for hydroxylation is 1. The van der Waals surface area contributed by atoms with Crippen molar-refractivity contribution in [1.82, 2.24) is 5.32 Å². The van der Waals surface area contributed by atoms with Gasteiger partial charge in [0.25, 0.3) is 0 Å². The van der Waals surface area contributed by atoms with Gasteiger partial charge in [0.2, 0.25) is 0 Å². The zero-order chi connectivity index (χ0) is 13.3. The van der Waals surface area contributed by atoms with Crippen molar-refractivity contribution in [3.05, 3.63) is 27.7 Å². The van der Waals surface area contributed by atoms with Gasteiger partial charge in [-0.25, -0.2) is 0 Å². The molecule has 1 saturated heterocycles. The van der Waals surface area contributed by atoms with E-state index in [0.717, 1.165) is 21.3 Å². The molecular weight excluding hydrogens is 298 g/mol. The van der Waals surface area contributed by atoms with Crippen molar-refractivity contribution in [2.24, 2.45) is 5.92 Å². The third-order valence-electron chi connectivity index (χ3n) is 3.28. The standard InChI is InChI=1S/C13H16BrNO3/c1-7-3-9(12(18-2)10(14)4-7)11-5-8(6-15-11)13(16)17/h3-4,8,11,15H,5-6H2,1-2H3,(H,16,17). The van der Waals surface area contributed by atoms with Crippen LogP contribution >= 0.6 is 15.9 Å². The van der Waals surface area contributed by atoms with E-state index in [2.05, 4.69) is 21.2 Å². The summed E-state index contributed by atoms with van der Waals surface area (Å²) in [5.41, 5.74) is 2.14. The number of rotatable bonds is 3. The molecule has 5 heteroatoms. The first-order valence-electron chi connectivity index (χ1n) is 5.83. The van der Waals surface area contributed by atoms with E-state index in [1.165, 1.54) is 0 Å². The van der Waals surface area contributed by atoms with E-state index in [0.29, 0.717) is 13.0 Å². The molecule has 0 aromatic heterocycles. The van der Waals surface area contributed by atoms with Crippen molar-refractivity contribution in [2.75, 3.05) is 13.7 Å².